The number of rotatable bonds is 2. The highest BCUT2D eigenvalue weighted by Gasteiger charge is 2.23. The number of aliphatic hydroxyl groups is 1. The Hall–Kier alpha value is -2.78. The van der Waals surface area contributed by atoms with Crippen LogP contribution in [0.1, 0.15) is 0 Å². The van der Waals surface area contributed by atoms with E-state index in [1.54, 1.807) is 11.0 Å². The fourth-order valence-electron chi connectivity index (χ4n) is 3.62. The van der Waals surface area contributed by atoms with Crippen LogP contribution < -0.4 is 10.2 Å². The molecule has 2 heterocycles. The first-order chi connectivity index (χ1) is 15.0. The molecule has 2 aromatic carbocycles. The standard InChI is InChI=1S/C22H19ClFN4O2P/c23-18-11-17-19(12-16(18)15-4-3-14(24)10-20(15)31)25-13-26-22(17)28-7-5-27(6-8-28)21(30)2-1-9-29/h3-4,10-13,29H,5-9,31H2. The van der Waals surface area contributed by atoms with E-state index >= 15 is 0 Å². The number of aromatic nitrogens is 2. The monoisotopic (exact) mass is 456 g/mol. The predicted octanol–water partition coefficient (Wildman–Crippen LogP) is 2.23. The molecule has 0 saturated carbocycles. The lowest BCUT2D eigenvalue weighted by atomic mass is 10.0. The van der Waals surface area contributed by atoms with Crippen molar-refractivity contribution >= 4 is 48.8 Å². The summed E-state index contributed by atoms with van der Waals surface area (Å²) in [5.74, 6) is 4.96. The molecule has 31 heavy (non-hydrogen) atoms. The van der Waals surface area contributed by atoms with Crippen molar-refractivity contribution in [3.63, 3.8) is 0 Å². The normalized spacial score (nSPS) is 13.8. The van der Waals surface area contributed by atoms with E-state index in [4.69, 9.17) is 16.7 Å². The number of aliphatic hydroxyl groups excluding tert-OH is 1. The topological polar surface area (TPSA) is 69.6 Å². The summed E-state index contributed by atoms with van der Waals surface area (Å²) < 4.78 is 13.5. The van der Waals surface area contributed by atoms with Crippen LogP contribution in [0.25, 0.3) is 22.0 Å². The Morgan fingerprint density at radius 2 is 1.94 bits per heavy atom. The van der Waals surface area contributed by atoms with Gasteiger partial charge in [0.05, 0.1) is 5.52 Å². The van der Waals surface area contributed by atoms with Gasteiger partial charge in [-0.25, -0.2) is 14.4 Å². The minimum absolute atomic E-state index is 0.290. The minimum atomic E-state index is -0.336. The molecule has 6 nitrogen and oxygen atoms in total. The average Bonchev–Trinajstić information content (AvgIpc) is 2.77. The number of hydrogen-bond donors (Lipinski definition) is 1. The zero-order valence-electron chi connectivity index (χ0n) is 16.5. The molecule has 9 heteroatoms. The van der Waals surface area contributed by atoms with Gasteiger partial charge in [0.25, 0.3) is 5.91 Å². The fourth-order valence-corrected chi connectivity index (χ4v) is 4.29. The van der Waals surface area contributed by atoms with Crippen LogP contribution in [-0.2, 0) is 4.79 Å². The first kappa shape index (κ1) is 21.5. The van der Waals surface area contributed by atoms with Gasteiger partial charge >= 0.3 is 0 Å². The first-order valence-corrected chi connectivity index (χ1v) is 10.6. The van der Waals surface area contributed by atoms with Crippen LogP contribution >= 0.6 is 20.8 Å². The number of carbonyl (C=O) groups is 1. The number of piperazine rings is 1. The molecule has 0 aliphatic carbocycles. The van der Waals surface area contributed by atoms with Crippen molar-refractivity contribution < 1.29 is 14.3 Å². The Balaban J connectivity index is 1.63. The molecular formula is C22H19ClFN4O2P. The van der Waals surface area contributed by atoms with Crippen LogP contribution in [0.15, 0.2) is 36.7 Å². The van der Waals surface area contributed by atoms with Crippen LogP contribution in [0.4, 0.5) is 10.2 Å². The third-order valence-electron chi connectivity index (χ3n) is 5.15. The summed E-state index contributed by atoms with van der Waals surface area (Å²) in [6.07, 6.45) is 1.51. The number of amides is 1. The van der Waals surface area contributed by atoms with Crippen molar-refractivity contribution in [3.8, 4) is 23.0 Å². The van der Waals surface area contributed by atoms with Gasteiger partial charge in [0.1, 0.15) is 24.6 Å². The van der Waals surface area contributed by atoms with Gasteiger partial charge in [0, 0.05) is 42.2 Å². The van der Waals surface area contributed by atoms with E-state index in [-0.39, 0.29) is 18.3 Å². The molecule has 4 rings (SSSR count). The molecule has 1 fully saturated rings. The van der Waals surface area contributed by atoms with Crippen molar-refractivity contribution in [2.24, 2.45) is 0 Å². The fraction of sp³-hybridized carbons (Fsp3) is 0.227. The lowest BCUT2D eigenvalue weighted by Crippen LogP contribution is -2.48. The first-order valence-electron chi connectivity index (χ1n) is 9.61. The molecule has 0 bridgehead atoms. The maximum atomic E-state index is 13.5. The molecular weight excluding hydrogens is 438 g/mol. The van der Waals surface area contributed by atoms with Crippen molar-refractivity contribution in [2.75, 3.05) is 37.7 Å². The predicted molar refractivity (Wildman–Crippen MR) is 123 cm³/mol. The molecule has 1 aliphatic heterocycles. The molecule has 1 atom stereocenters. The molecule has 1 aliphatic rings. The quantitative estimate of drug-likeness (QED) is 0.473. The number of benzene rings is 2. The van der Waals surface area contributed by atoms with Crippen molar-refractivity contribution in [1.29, 1.82) is 0 Å². The molecule has 1 unspecified atom stereocenters. The van der Waals surface area contributed by atoms with Gasteiger partial charge in [-0.1, -0.05) is 23.6 Å². The smallest absolute Gasteiger partial charge is 0.298 e. The van der Waals surface area contributed by atoms with Crippen LogP contribution in [-0.4, -0.2) is 58.7 Å². The van der Waals surface area contributed by atoms with Crippen molar-refractivity contribution in [1.82, 2.24) is 14.9 Å². The number of hydrogen-bond acceptors (Lipinski definition) is 5. The lowest BCUT2D eigenvalue weighted by Gasteiger charge is -2.34. The van der Waals surface area contributed by atoms with Crippen LogP contribution in [0.3, 0.4) is 0 Å². The Morgan fingerprint density at radius 1 is 1.16 bits per heavy atom. The second-order valence-electron chi connectivity index (χ2n) is 7.02. The highest BCUT2D eigenvalue weighted by atomic mass is 35.5. The average molecular weight is 457 g/mol. The number of halogens is 2. The van der Waals surface area contributed by atoms with Gasteiger partial charge < -0.3 is 14.9 Å². The summed E-state index contributed by atoms with van der Waals surface area (Å²) >= 11 is 6.61. The van der Waals surface area contributed by atoms with Gasteiger partial charge in [0.15, 0.2) is 0 Å². The zero-order valence-corrected chi connectivity index (χ0v) is 18.4. The largest absolute Gasteiger partial charge is 0.384 e. The van der Waals surface area contributed by atoms with Crippen LogP contribution in [0, 0.1) is 17.7 Å². The number of anilines is 1. The molecule has 0 radical (unpaired) electrons. The van der Waals surface area contributed by atoms with E-state index in [0.29, 0.717) is 36.5 Å². The number of nitrogens with zero attached hydrogens (tertiary/aromatic N) is 4. The van der Waals surface area contributed by atoms with E-state index in [1.807, 2.05) is 12.1 Å². The zero-order chi connectivity index (χ0) is 22.0. The third-order valence-corrected chi connectivity index (χ3v) is 5.94. The second-order valence-corrected chi connectivity index (χ2v) is 8.05. The highest BCUT2D eigenvalue weighted by Crippen LogP contribution is 2.34. The number of carbonyl (C=O) groups excluding carboxylic acids is 1. The summed E-state index contributed by atoms with van der Waals surface area (Å²) in [6, 6.07) is 8.26. The van der Waals surface area contributed by atoms with Gasteiger partial charge in [-0.3, -0.25) is 4.79 Å². The summed E-state index contributed by atoms with van der Waals surface area (Å²) in [7, 11) is 2.53. The lowest BCUT2D eigenvalue weighted by molar-refractivity contribution is -0.125. The Bertz CT molecular complexity index is 1220. The second kappa shape index (κ2) is 9.15. The van der Waals surface area contributed by atoms with Crippen molar-refractivity contribution in [3.05, 3.63) is 47.5 Å². The minimum Gasteiger partial charge on any atom is -0.384 e. The summed E-state index contributed by atoms with van der Waals surface area (Å²) in [5.41, 5.74) is 2.31. The van der Waals surface area contributed by atoms with Gasteiger partial charge in [-0.2, -0.15) is 0 Å². The Kier molecular flexibility index (Phi) is 6.33. The summed E-state index contributed by atoms with van der Waals surface area (Å²) in [5, 5.41) is 10.8. The Morgan fingerprint density at radius 3 is 2.65 bits per heavy atom. The van der Waals surface area contributed by atoms with Gasteiger partial charge in [0.2, 0.25) is 0 Å². The van der Waals surface area contributed by atoms with Gasteiger partial charge in [-0.05, 0) is 41.1 Å². The molecule has 3 aromatic rings. The van der Waals surface area contributed by atoms with Crippen molar-refractivity contribution in [2.45, 2.75) is 0 Å². The van der Waals surface area contributed by atoms with Crippen LogP contribution in [0.5, 0.6) is 0 Å². The molecule has 1 amide bonds. The van der Waals surface area contributed by atoms with Gasteiger partial charge in [-0.15, -0.1) is 9.24 Å². The molecule has 1 N–H and O–H groups in total. The Labute approximate surface area is 186 Å². The van der Waals surface area contributed by atoms with E-state index in [9.17, 15) is 9.18 Å². The van der Waals surface area contributed by atoms with E-state index < -0.39 is 0 Å². The molecule has 1 saturated heterocycles. The highest BCUT2D eigenvalue weighted by molar-refractivity contribution is 7.28. The molecule has 1 aromatic heterocycles. The maximum absolute atomic E-state index is 13.5. The maximum Gasteiger partial charge on any atom is 0.298 e. The molecule has 158 valence electrons. The van der Waals surface area contributed by atoms with E-state index in [2.05, 4.69) is 35.9 Å². The van der Waals surface area contributed by atoms with E-state index in [0.717, 1.165) is 27.8 Å². The van der Waals surface area contributed by atoms with E-state index in [1.165, 1.54) is 18.5 Å². The van der Waals surface area contributed by atoms with Crippen LogP contribution in [0.2, 0.25) is 5.02 Å². The molecule has 0 spiro atoms. The third kappa shape index (κ3) is 4.47. The number of fused-ring (bicyclic) bond motifs is 1. The summed E-state index contributed by atoms with van der Waals surface area (Å²) in [6.45, 7) is 1.85. The SMILES string of the molecule is O=C(C#CCO)N1CCN(c2ncnc3cc(-c4ccc(F)cc4P)c(Cl)cc23)CC1. The summed E-state index contributed by atoms with van der Waals surface area (Å²) in [4.78, 5) is 24.6.